The number of carbonyl (C=O) groups excluding carboxylic acids is 1. The highest BCUT2D eigenvalue weighted by Gasteiger charge is 2.14. The van der Waals surface area contributed by atoms with Gasteiger partial charge in [-0.2, -0.15) is 0 Å². The minimum absolute atomic E-state index is 0.106. The van der Waals surface area contributed by atoms with E-state index in [9.17, 15) is 4.79 Å². The van der Waals surface area contributed by atoms with E-state index in [1.54, 1.807) is 7.05 Å². The van der Waals surface area contributed by atoms with Crippen LogP contribution in [0.1, 0.15) is 17.3 Å². The van der Waals surface area contributed by atoms with Crippen LogP contribution in [0.4, 0.5) is 0 Å². The van der Waals surface area contributed by atoms with Gasteiger partial charge in [0, 0.05) is 10.0 Å². The van der Waals surface area contributed by atoms with Crippen LogP contribution >= 0.6 is 15.9 Å². The van der Waals surface area contributed by atoms with Crippen LogP contribution in [0.3, 0.4) is 0 Å². The second kappa shape index (κ2) is 4.53. The summed E-state index contributed by atoms with van der Waals surface area (Å²) in [5.41, 5.74) is 0.726. The van der Waals surface area contributed by atoms with Gasteiger partial charge in [-0.1, -0.05) is 34.1 Å². The molecule has 3 heteroatoms. The summed E-state index contributed by atoms with van der Waals surface area (Å²) in [6.45, 7) is 1.85. The van der Waals surface area contributed by atoms with Gasteiger partial charge in [0.25, 0.3) is 0 Å². The van der Waals surface area contributed by atoms with Crippen molar-refractivity contribution in [3.8, 4) is 0 Å². The van der Waals surface area contributed by atoms with E-state index in [2.05, 4.69) is 21.2 Å². The molecule has 1 rings (SSSR count). The van der Waals surface area contributed by atoms with Gasteiger partial charge in [-0.15, -0.1) is 0 Å². The number of rotatable bonds is 3. The van der Waals surface area contributed by atoms with Crippen molar-refractivity contribution in [1.82, 2.24) is 5.32 Å². The molecule has 0 spiro atoms. The molecule has 0 radical (unpaired) electrons. The SMILES string of the molecule is CNC(C)C(=O)c1ccccc1Br. The zero-order chi connectivity index (χ0) is 9.84. The summed E-state index contributed by atoms with van der Waals surface area (Å²) in [6.07, 6.45) is 0. The van der Waals surface area contributed by atoms with Gasteiger partial charge < -0.3 is 5.32 Å². The Bertz CT molecular complexity index is 312. The smallest absolute Gasteiger partial charge is 0.180 e. The largest absolute Gasteiger partial charge is 0.310 e. The van der Waals surface area contributed by atoms with Gasteiger partial charge in [0.2, 0.25) is 0 Å². The Hall–Kier alpha value is -0.670. The van der Waals surface area contributed by atoms with Crippen LogP contribution in [0.25, 0.3) is 0 Å². The number of ketones is 1. The fourth-order valence-corrected chi connectivity index (χ4v) is 1.51. The second-order valence-electron chi connectivity index (χ2n) is 2.85. The first-order valence-electron chi connectivity index (χ1n) is 4.13. The minimum Gasteiger partial charge on any atom is -0.310 e. The molecule has 0 aliphatic heterocycles. The number of likely N-dealkylation sites (N-methyl/N-ethyl adjacent to an activating group) is 1. The predicted octanol–water partition coefficient (Wildman–Crippen LogP) is 2.24. The molecule has 1 atom stereocenters. The lowest BCUT2D eigenvalue weighted by Gasteiger charge is -2.09. The van der Waals surface area contributed by atoms with Gasteiger partial charge in [-0.3, -0.25) is 4.79 Å². The Morgan fingerprint density at radius 3 is 2.62 bits per heavy atom. The summed E-state index contributed by atoms with van der Waals surface area (Å²) in [5.74, 6) is 0.106. The summed E-state index contributed by atoms with van der Waals surface area (Å²) < 4.78 is 0.849. The number of nitrogens with one attached hydrogen (secondary N) is 1. The van der Waals surface area contributed by atoms with Crippen molar-refractivity contribution in [2.45, 2.75) is 13.0 Å². The molecular weight excluding hydrogens is 230 g/mol. The molecule has 0 saturated heterocycles. The molecule has 1 unspecified atom stereocenters. The highest BCUT2D eigenvalue weighted by atomic mass is 79.9. The summed E-state index contributed by atoms with van der Waals surface area (Å²) in [5, 5.41) is 2.92. The maximum atomic E-state index is 11.7. The Kier molecular flexibility index (Phi) is 3.63. The van der Waals surface area contributed by atoms with Gasteiger partial charge in [-0.05, 0) is 20.0 Å². The van der Waals surface area contributed by atoms with Crippen LogP contribution in [0.5, 0.6) is 0 Å². The quantitative estimate of drug-likeness (QED) is 0.823. The maximum Gasteiger partial charge on any atom is 0.180 e. The molecule has 0 aromatic heterocycles. The lowest BCUT2D eigenvalue weighted by molar-refractivity contribution is 0.0954. The highest BCUT2D eigenvalue weighted by Crippen LogP contribution is 2.17. The molecule has 0 heterocycles. The van der Waals surface area contributed by atoms with E-state index in [0.29, 0.717) is 0 Å². The van der Waals surface area contributed by atoms with Crippen LogP contribution in [-0.2, 0) is 0 Å². The molecule has 0 bridgehead atoms. The molecule has 13 heavy (non-hydrogen) atoms. The first-order chi connectivity index (χ1) is 6.16. The standard InChI is InChI=1S/C10H12BrNO/c1-7(12-2)10(13)8-5-3-4-6-9(8)11/h3-7,12H,1-2H3. The Morgan fingerprint density at radius 2 is 2.08 bits per heavy atom. The van der Waals surface area contributed by atoms with Crippen molar-refractivity contribution < 1.29 is 4.79 Å². The topological polar surface area (TPSA) is 29.1 Å². The van der Waals surface area contributed by atoms with E-state index < -0.39 is 0 Å². The third kappa shape index (κ3) is 2.39. The van der Waals surface area contributed by atoms with E-state index in [0.717, 1.165) is 10.0 Å². The lowest BCUT2D eigenvalue weighted by Crippen LogP contribution is -2.30. The van der Waals surface area contributed by atoms with Crippen LogP contribution in [0.15, 0.2) is 28.7 Å². The summed E-state index contributed by atoms with van der Waals surface area (Å²) in [7, 11) is 1.78. The van der Waals surface area contributed by atoms with Crippen molar-refractivity contribution in [2.75, 3.05) is 7.05 Å². The number of hydrogen-bond donors (Lipinski definition) is 1. The van der Waals surface area contributed by atoms with Crippen LogP contribution in [-0.4, -0.2) is 18.9 Å². The van der Waals surface area contributed by atoms with E-state index in [4.69, 9.17) is 0 Å². The highest BCUT2D eigenvalue weighted by molar-refractivity contribution is 9.10. The molecule has 2 nitrogen and oxygen atoms in total. The maximum absolute atomic E-state index is 11.7. The molecule has 1 aromatic carbocycles. The average Bonchev–Trinajstić information content (AvgIpc) is 2.16. The number of halogens is 1. The van der Waals surface area contributed by atoms with Gasteiger partial charge >= 0.3 is 0 Å². The van der Waals surface area contributed by atoms with Crippen molar-refractivity contribution >= 4 is 21.7 Å². The van der Waals surface area contributed by atoms with Gasteiger partial charge in [0.15, 0.2) is 5.78 Å². The molecule has 1 aromatic rings. The zero-order valence-corrected chi connectivity index (χ0v) is 9.26. The van der Waals surface area contributed by atoms with E-state index >= 15 is 0 Å². The molecule has 0 saturated carbocycles. The zero-order valence-electron chi connectivity index (χ0n) is 7.67. The van der Waals surface area contributed by atoms with Crippen molar-refractivity contribution in [3.05, 3.63) is 34.3 Å². The third-order valence-electron chi connectivity index (χ3n) is 1.97. The van der Waals surface area contributed by atoms with E-state index in [1.165, 1.54) is 0 Å². The summed E-state index contributed by atoms with van der Waals surface area (Å²) in [6, 6.07) is 7.31. The second-order valence-corrected chi connectivity index (χ2v) is 3.71. The number of benzene rings is 1. The molecular formula is C10H12BrNO. The van der Waals surface area contributed by atoms with Gasteiger partial charge in [-0.25, -0.2) is 0 Å². The first kappa shape index (κ1) is 10.4. The predicted molar refractivity (Wildman–Crippen MR) is 57.0 cm³/mol. The normalized spacial score (nSPS) is 12.5. The molecule has 0 aliphatic rings. The van der Waals surface area contributed by atoms with Crippen LogP contribution < -0.4 is 5.32 Å². The third-order valence-corrected chi connectivity index (χ3v) is 2.66. The molecule has 1 N–H and O–H groups in total. The van der Waals surface area contributed by atoms with Gasteiger partial charge in [0.1, 0.15) is 0 Å². The number of carbonyl (C=O) groups is 1. The lowest BCUT2D eigenvalue weighted by atomic mass is 10.1. The van der Waals surface area contributed by atoms with Crippen molar-refractivity contribution in [3.63, 3.8) is 0 Å². The van der Waals surface area contributed by atoms with Crippen LogP contribution in [0.2, 0.25) is 0 Å². The van der Waals surface area contributed by atoms with E-state index in [1.807, 2.05) is 31.2 Å². The molecule has 0 aliphatic carbocycles. The number of Topliss-reactive ketones (excluding diaryl/α,β-unsaturated/α-hetero) is 1. The molecule has 0 amide bonds. The first-order valence-corrected chi connectivity index (χ1v) is 4.92. The van der Waals surface area contributed by atoms with Crippen molar-refractivity contribution in [1.29, 1.82) is 0 Å². The fraction of sp³-hybridized carbons (Fsp3) is 0.300. The molecule has 70 valence electrons. The molecule has 0 fully saturated rings. The Balaban J connectivity index is 2.95. The summed E-state index contributed by atoms with van der Waals surface area (Å²) in [4.78, 5) is 11.7. The minimum atomic E-state index is -0.140. The Morgan fingerprint density at radius 1 is 1.46 bits per heavy atom. The fourth-order valence-electron chi connectivity index (χ4n) is 1.03. The number of hydrogen-bond acceptors (Lipinski definition) is 2. The monoisotopic (exact) mass is 241 g/mol. The van der Waals surface area contributed by atoms with Crippen molar-refractivity contribution in [2.24, 2.45) is 0 Å². The average molecular weight is 242 g/mol. The Labute approximate surface area is 86.5 Å². The van der Waals surface area contributed by atoms with Crippen LogP contribution in [0, 0.1) is 0 Å². The summed E-state index contributed by atoms with van der Waals surface area (Å²) >= 11 is 3.35. The van der Waals surface area contributed by atoms with Gasteiger partial charge in [0.05, 0.1) is 6.04 Å². The van der Waals surface area contributed by atoms with E-state index in [-0.39, 0.29) is 11.8 Å².